The molecular weight excluding hydrogens is 335 g/mol. The van der Waals surface area contributed by atoms with E-state index in [9.17, 15) is 13.2 Å². The second-order valence-electron chi connectivity index (χ2n) is 6.63. The van der Waals surface area contributed by atoms with E-state index < -0.39 is 11.7 Å². The molecule has 0 N–H and O–H groups in total. The number of hydrogen-bond acceptors (Lipinski definition) is 1. The molecule has 3 aromatic carbocycles. The van der Waals surface area contributed by atoms with Gasteiger partial charge in [-0.1, -0.05) is 35.4 Å². The number of alkyl halides is 3. The van der Waals surface area contributed by atoms with Crippen LogP contribution in [0.1, 0.15) is 16.7 Å². The number of rotatable bonds is 1. The molecule has 0 aliphatic heterocycles. The third kappa shape index (κ3) is 2.81. The van der Waals surface area contributed by atoms with Gasteiger partial charge < -0.3 is 0 Å². The number of hydrogen-bond donors (Lipinski definition) is 0. The van der Waals surface area contributed by atoms with Crippen molar-refractivity contribution in [1.29, 1.82) is 0 Å². The molecule has 0 radical (unpaired) electrons. The number of aryl methyl sites for hydroxylation is 2. The molecule has 1 aromatic heterocycles. The van der Waals surface area contributed by atoms with E-state index in [0.717, 1.165) is 44.6 Å². The summed E-state index contributed by atoms with van der Waals surface area (Å²) in [6, 6.07) is 15.6. The number of aromatic nitrogens is 1. The van der Waals surface area contributed by atoms with Crippen molar-refractivity contribution in [2.75, 3.05) is 0 Å². The lowest BCUT2D eigenvalue weighted by Gasteiger charge is -2.12. The molecule has 0 saturated carbocycles. The first kappa shape index (κ1) is 16.6. The first-order valence-corrected chi connectivity index (χ1v) is 8.30. The fourth-order valence-electron chi connectivity index (χ4n) is 3.51. The maximum atomic E-state index is 13.0. The molecule has 4 rings (SSSR count). The average Bonchev–Trinajstić information content (AvgIpc) is 2.59. The highest BCUT2D eigenvalue weighted by molar-refractivity contribution is 6.11. The van der Waals surface area contributed by atoms with Gasteiger partial charge in [-0.3, -0.25) is 4.98 Å². The third-order valence-electron chi connectivity index (χ3n) is 4.58. The molecule has 1 heterocycles. The van der Waals surface area contributed by atoms with Gasteiger partial charge in [0, 0.05) is 17.1 Å². The maximum absolute atomic E-state index is 13.0. The SMILES string of the molecule is Cc1cc(C)cc(-c2nccc3c2ccc2cc(C(F)(F)F)ccc23)c1. The minimum absolute atomic E-state index is 0.574. The van der Waals surface area contributed by atoms with E-state index in [4.69, 9.17) is 0 Å². The summed E-state index contributed by atoms with van der Waals surface area (Å²) >= 11 is 0. The van der Waals surface area contributed by atoms with Crippen molar-refractivity contribution >= 4 is 21.5 Å². The molecule has 4 aromatic rings. The number of benzene rings is 3. The monoisotopic (exact) mass is 351 g/mol. The number of nitrogens with zero attached hydrogens (tertiary/aromatic N) is 1. The summed E-state index contributed by atoms with van der Waals surface area (Å²) in [5.41, 5.74) is 3.52. The van der Waals surface area contributed by atoms with Crippen molar-refractivity contribution < 1.29 is 13.2 Å². The normalized spacial score (nSPS) is 12.0. The van der Waals surface area contributed by atoms with Crippen LogP contribution in [-0.2, 0) is 6.18 Å². The number of fused-ring (bicyclic) bond motifs is 3. The van der Waals surface area contributed by atoms with Crippen molar-refractivity contribution in [3.05, 3.63) is 77.5 Å². The fourth-order valence-corrected chi connectivity index (χ4v) is 3.51. The Labute approximate surface area is 149 Å². The zero-order valence-corrected chi connectivity index (χ0v) is 14.4. The molecular formula is C22H16F3N. The van der Waals surface area contributed by atoms with Crippen molar-refractivity contribution in [3.8, 4) is 11.3 Å². The van der Waals surface area contributed by atoms with Crippen LogP contribution in [-0.4, -0.2) is 4.98 Å². The minimum atomic E-state index is -4.34. The van der Waals surface area contributed by atoms with Gasteiger partial charge in [0.2, 0.25) is 0 Å². The van der Waals surface area contributed by atoms with Gasteiger partial charge in [0.05, 0.1) is 11.3 Å². The van der Waals surface area contributed by atoms with Crippen LogP contribution >= 0.6 is 0 Å². The standard InChI is InChI=1S/C22H16F3N/c1-13-9-14(2)11-16(10-13)21-20-5-3-15-12-17(22(23,24)25)4-6-18(15)19(20)7-8-26-21/h3-12H,1-2H3. The Morgan fingerprint density at radius 1 is 0.731 bits per heavy atom. The van der Waals surface area contributed by atoms with Crippen LogP contribution < -0.4 is 0 Å². The molecule has 0 unspecified atom stereocenters. The molecule has 130 valence electrons. The van der Waals surface area contributed by atoms with Crippen molar-refractivity contribution in [1.82, 2.24) is 4.98 Å². The lowest BCUT2D eigenvalue weighted by molar-refractivity contribution is -0.137. The first-order chi connectivity index (χ1) is 12.3. The summed E-state index contributed by atoms with van der Waals surface area (Å²) in [6.07, 6.45) is -2.63. The van der Waals surface area contributed by atoms with Crippen molar-refractivity contribution in [2.24, 2.45) is 0 Å². The molecule has 0 aliphatic rings. The molecule has 0 saturated heterocycles. The first-order valence-electron chi connectivity index (χ1n) is 8.30. The lowest BCUT2D eigenvalue weighted by atomic mass is 9.96. The Balaban J connectivity index is 1.99. The summed E-state index contributed by atoms with van der Waals surface area (Å²) in [4.78, 5) is 4.54. The second-order valence-corrected chi connectivity index (χ2v) is 6.63. The molecule has 0 fully saturated rings. The summed E-state index contributed by atoms with van der Waals surface area (Å²) in [7, 11) is 0. The summed E-state index contributed by atoms with van der Waals surface area (Å²) in [5.74, 6) is 0. The van der Waals surface area contributed by atoms with Crippen LogP contribution in [0.25, 0.3) is 32.8 Å². The van der Waals surface area contributed by atoms with Gasteiger partial charge in [0.25, 0.3) is 0 Å². The highest BCUT2D eigenvalue weighted by Gasteiger charge is 2.30. The Hall–Kier alpha value is -2.88. The van der Waals surface area contributed by atoms with Crippen LogP contribution in [0.3, 0.4) is 0 Å². The molecule has 4 heteroatoms. The summed E-state index contributed by atoms with van der Waals surface area (Å²) < 4.78 is 38.9. The molecule has 0 atom stereocenters. The number of pyridine rings is 1. The van der Waals surface area contributed by atoms with E-state index in [0.29, 0.717) is 5.39 Å². The second kappa shape index (κ2) is 5.84. The van der Waals surface area contributed by atoms with Crippen LogP contribution in [0.2, 0.25) is 0 Å². The number of halogens is 3. The summed E-state index contributed by atoms with van der Waals surface area (Å²) in [6.45, 7) is 4.07. The van der Waals surface area contributed by atoms with Crippen LogP contribution in [0.4, 0.5) is 13.2 Å². The predicted molar refractivity (Wildman–Crippen MR) is 99.2 cm³/mol. The van der Waals surface area contributed by atoms with E-state index in [2.05, 4.69) is 23.2 Å². The van der Waals surface area contributed by atoms with Gasteiger partial charge in [0.1, 0.15) is 0 Å². The highest BCUT2D eigenvalue weighted by atomic mass is 19.4. The molecule has 0 amide bonds. The zero-order chi connectivity index (χ0) is 18.5. The van der Waals surface area contributed by atoms with Crippen molar-refractivity contribution in [2.45, 2.75) is 20.0 Å². The minimum Gasteiger partial charge on any atom is -0.256 e. The largest absolute Gasteiger partial charge is 0.416 e. The summed E-state index contributed by atoms with van der Waals surface area (Å²) in [5, 5.41) is 3.21. The van der Waals surface area contributed by atoms with Crippen LogP contribution in [0.5, 0.6) is 0 Å². The van der Waals surface area contributed by atoms with E-state index >= 15 is 0 Å². The quantitative estimate of drug-likeness (QED) is 0.348. The molecule has 0 aliphatic carbocycles. The van der Waals surface area contributed by atoms with E-state index in [-0.39, 0.29) is 0 Å². The Morgan fingerprint density at radius 2 is 1.42 bits per heavy atom. The molecule has 0 bridgehead atoms. The van der Waals surface area contributed by atoms with E-state index in [1.54, 1.807) is 18.3 Å². The Kier molecular flexibility index (Phi) is 3.72. The van der Waals surface area contributed by atoms with Crippen molar-refractivity contribution in [3.63, 3.8) is 0 Å². The zero-order valence-electron chi connectivity index (χ0n) is 14.4. The molecule has 0 spiro atoms. The van der Waals surface area contributed by atoms with Gasteiger partial charge in [-0.25, -0.2) is 0 Å². The van der Waals surface area contributed by atoms with Crippen LogP contribution in [0.15, 0.2) is 60.8 Å². The maximum Gasteiger partial charge on any atom is 0.416 e. The lowest BCUT2D eigenvalue weighted by Crippen LogP contribution is -2.04. The van der Waals surface area contributed by atoms with Gasteiger partial charge in [-0.2, -0.15) is 13.2 Å². The van der Waals surface area contributed by atoms with Gasteiger partial charge in [-0.15, -0.1) is 0 Å². The topological polar surface area (TPSA) is 12.9 Å². The van der Waals surface area contributed by atoms with E-state index in [1.165, 1.54) is 6.07 Å². The van der Waals surface area contributed by atoms with Gasteiger partial charge >= 0.3 is 6.18 Å². The Bertz CT molecular complexity index is 1120. The predicted octanol–water partition coefficient (Wildman–Crippen LogP) is 6.69. The molecule has 26 heavy (non-hydrogen) atoms. The fraction of sp³-hybridized carbons (Fsp3) is 0.136. The Morgan fingerprint density at radius 3 is 2.12 bits per heavy atom. The highest BCUT2D eigenvalue weighted by Crippen LogP contribution is 2.36. The van der Waals surface area contributed by atoms with E-state index in [1.807, 2.05) is 26.0 Å². The van der Waals surface area contributed by atoms with Gasteiger partial charge in [0.15, 0.2) is 0 Å². The smallest absolute Gasteiger partial charge is 0.256 e. The van der Waals surface area contributed by atoms with Gasteiger partial charge in [-0.05, 0) is 60.3 Å². The average molecular weight is 351 g/mol. The third-order valence-corrected chi connectivity index (χ3v) is 4.58. The molecule has 1 nitrogen and oxygen atoms in total. The van der Waals surface area contributed by atoms with Crippen LogP contribution in [0, 0.1) is 13.8 Å².